The third kappa shape index (κ3) is 9.46. The van der Waals surface area contributed by atoms with E-state index in [1.165, 1.54) is 24.3 Å². The summed E-state index contributed by atoms with van der Waals surface area (Å²) in [5.74, 6) is 0. The molecule has 0 amide bonds. The molecular weight excluding hydrogens is 683 g/mol. The normalized spacial score (nSPS) is 9.16. The lowest BCUT2D eigenvalue weighted by Crippen LogP contribution is -1.90. The van der Waals surface area contributed by atoms with E-state index < -0.39 is 0 Å². The van der Waals surface area contributed by atoms with Crippen molar-refractivity contribution in [1.29, 1.82) is 42.1 Å². The Morgan fingerprint density at radius 3 is 0.545 bits per heavy atom. The maximum absolute atomic E-state index is 8.64. The van der Waals surface area contributed by atoms with Crippen LogP contribution in [0.25, 0.3) is 33.4 Å². The van der Waals surface area contributed by atoms with Crippen molar-refractivity contribution in [3.63, 3.8) is 0 Å². The molecule has 55 heavy (non-hydrogen) atoms. The zero-order valence-electron chi connectivity index (χ0n) is 28.8. The summed E-state index contributed by atoms with van der Waals surface area (Å²) in [7, 11) is 0. The molecule has 0 spiro atoms. The van der Waals surface area contributed by atoms with Gasteiger partial charge in [0.25, 0.3) is 0 Å². The van der Waals surface area contributed by atoms with Crippen LogP contribution in [-0.4, -0.2) is 0 Å². The van der Waals surface area contributed by atoms with E-state index in [-0.39, 0.29) is 44.5 Å². The number of hydrogen-bond donors (Lipinski definition) is 3. The summed E-state index contributed by atoms with van der Waals surface area (Å²) in [6.45, 7) is 0. The average molecular weight is 708 g/mol. The van der Waals surface area contributed by atoms with Gasteiger partial charge in [-0.2, -0.15) is 42.1 Å². The van der Waals surface area contributed by atoms with Crippen LogP contribution in [0.3, 0.4) is 0 Å². The van der Waals surface area contributed by atoms with Gasteiger partial charge in [-0.3, -0.25) is 0 Å². The van der Waals surface area contributed by atoms with Gasteiger partial charge in [0.2, 0.25) is 0 Å². The highest BCUT2D eigenvalue weighted by Gasteiger charge is 2.10. The number of nitrogens with zero attached hydrogens (tertiary/aromatic N) is 8. The van der Waals surface area contributed by atoms with Crippen molar-refractivity contribution in [2.75, 3.05) is 17.2 Å². The first-order valence-corrected chi connectivity index (χ1v) is 15.9. The Balaban J connectivity index is 0.000000204. The molecule has 6 rings (SSSR count). The largest absolute Gasteiger partial charge is 0.399 e. The molecule has 0 unspecified atom stereocenters. The number of anilines is 3. The smallest absolute Gasteiger partial charge is 0.101 e. The fourth-order valence-electron chi connectivity index (χ4n) is 5.09. The molecule has 0 saturated heterocycles. The lowest BCUT2D eigenvalue weighted by atomic mass is 9.93. The number of nitrogen functional groups attached to an aromatic ring is 3. The van der Waals surface area contributed by atoms with E-state index in [4.69, 9.17) is 59.3 Å². The number of hydrogen-bond acceptors (Lipinski definition) is 11. The summed E-state index contributed by atoms with van der Waals surface area (Å²) in [6, 6.07) is 49.7. The molecule has 6 aromatic carbocycles. The van der Waals surface area contributed by atoms with E-state index in [1.54, 1.807) is 48.6 Å². The topological polar surface area (TPSA) is 268 Å². The molecule has 6 N–H and O–H groups in total. The van der Waals surface area contributed by atoms with Crippen LogP contribution in [0.2, 0.25) is 0 Å². The Hall–Kier alpha value is -9.36. The zero-order chi connectivity index (χ0) is 39.9. The van der Waals surface area contributed by atoms with Crippen LogP contribution in [0.15, 0.2) is 115 Å². The van der Waals surface area contributed by atoms with Crippen molar-refractivity contribution < 1.29 is 0 Å². The second-order valence-electron chi connectivity index (χ2n) is 11.4. The molecule has 6 aromatic rings. The highest BCUT2D eigenvalue weighted by atomic mass is 14.5. The molecule has 0 heterocycles. The van der Waals surface area contributed by atoms with Crippen LogP contribution in [0.1, 0.15) is 44.5 Å². The summed E-state index contributed by atoms with van der Waals surface area (Å²) in [5, 5.41) is 69.1. The first kappa shape index (κ1) is 38.4. The van der Waals surface area contributed by atoms with E-state index >= 15 is 0 Å². The van der Waals surface area contributed by atoms with Crippen molar-refractivity contribution in [1.82, 2.24) is 0 Å². The number of rotatable bonds is 3. The zero-order valence-corrected chi connectivity index (χ0v) is 28.8. The maximum Gasteiger partial charge on any atom is 0.101 e. The predicted molar refractivity (Wildman–Crippen MR) is 207 cm³/mol. The van der Waals surface area contributed by atoms with Crippen LogP contribution in [-0.2, 0) is 0 Å². The molecule has 0 bridgehead atoms. The molecule has 0 aliphatic rings. The highest BCUT2D eigenvalue weighted by molar-refractivity contribution is 5.82. The SMILES string of the molecule is N#Cc1cc(C#N)c(C#N)cc1C#N.N#Cc1cc(C#N)c(C#N)cc1C#N.Nc1ccc(-c2cc(-c3ccc(N)cc3)cc(-c3ccc(N)cc3)c2)cc1. The van der Waals surface area contributed by atoms with Gasteiger partial charge in [0.1, 0.15) is 48.6 Å². The Bertz CT molecular complexity index is 2290. The van der Waals surface area contributed by atoms with E-state index in [0.29, 0.717) is 0 Å². The van der Waals surface area contributed by atoms with Gasteiger partial charge < -0.3 is 17.2 Å². The van der Waals surface area contributed by atoms with Crippen LogP contribution >= 0.6 is 0 Å². The molecule has 0 saturated carbocycles. The molecule has 0 atom stereocenters. The minimum atomic E-state index is 0.114. The van der Waals surface area contributed by atoms with E-state index in [9.17, 15) is 0 Å². The van der Waals surface area contributed by atoms with Gasteiger partial charge in [0.05, 0.1) is 44.5 Å². The first-order valence-electron chi connectivity index (χ1n) is 15.9. The van der Waals surface area contributed by atoms with Gasteiger partial charge in [-0.05, 0) is 112 Å². The molecule has 256 valence electrons. The van der Waals surface area contributed by atoms with E-state index in [1.807, 2.05) is 72.8 Å². The molecule has 0 aliphatic heterocycles. The Kier molecular flexibility index (Phi) is 12.6. The number of nitriles is 8. The summed E-state index contributed by atoms with van der Waals surface area (Å²) in [4.78, 5) is 0. The monoisotopic (exact) mass is 707 g/mol. The summed E-state index contributed by atoms with van der Waals surface area (Å²) in [6.07, 6.45) is 0. The van der Waals surface area contributed by atoms with Gasteiger partial charge in [-0.25, -0.2) is 0 Å². The van der Waals surface area contributed by atoms with Crippen molar-refractivity contribution in [3.05, 3.63) is 160 Å². The quantitative estimate of drug-likeness (QED) is 0.149. The fourth-order valence-corrected chi connectivity index (χ4v) is 5.09. The van der Waals surface area contributed by atoms with Gasteiger partial charge in [0.15, 0.2) is 0 Å². The Labute approximate surface area is 317 Å². The molecule has 0 aliphatic carbocycles. The fraction of sp³-hybridized carbons (Fsp3) is 0. The van der Waals surface area contributed by atoms with E-state index in [2.05, 4.69) is 18.2 Å². The molecular formula is C44H25N11. The lowest BCUT2D eigenvalue weighted by molar-refractivity contribution is 1.38. The standard InChI is InChI=1S/C24H21N3.2C10H2N4/c25-22-7-1-16(2-8-22)19-13-20(17-3-9-23(26)10-4-17)15-21(14-19)18-5-11-24(27)12-6-18;2*11-3-7-1-8(4-12)10(6-14)2-9(7)5-13/h1-15H,25-27H2;2*1-2H. The summed E-state index contributed by atoms with van der Waals surface area (Å²) >= 11 is 0. The number of nitrogens with two attached hydrogens (primary N) is 3. The Morgan fingerprint density at radius 2 is 0.400 bits per heavy atom. The molecule has 0 radical (unpaired) electrons. The van der Waals surface area contributed by atoms with Crippen LogP contribution < -0.4 is 17.2 Å². The lowest BCUT2D eigenvalue weighted by Gasteiger charge is -2.12. The molecule has 11 heteroatoms. The second kappa shape index (κ2) is 18.0. The number of benzene rings is 6. The van der Waals surface area contributed by atoms with E-state index in [0.717, 1.165) is 50.4 Å². The van der Waals surface area contributed by atoms with Gasteiger partial charge in [0, 0.05) is 17.1 Å². The highest BCUT2D eigenvalue weighted by Crippen LogP contribution is 2.34. The van der Waals surface area contributed by atoms with Gasteiger partial charge >= 0.3 is 0 Å². The predicted octanol–water partition coefficient (Wildman–Crippen LogP) is 7.78. The van der Waals surface area contributed by atoms with Crippen LogP contribution in [0.4, 0.5) is 17.1 Å². The minimum absolute atomic E-state index is 0.114. The minimum Gasteiger partial charge on any atom is -0.399 e. The van der Waals surface area contributed by atoms with Gasteiger partial charge in [-0.15, -0.1) is 0 Å². The molecule has 0 fully saturated rings. The third-order valence-corrected chi connectivity index (χ3v) is 7.94. The Morgan fingerprint density at radius 1 is 0.236 bits per heavy atom. The van der Waals surface area contributed by atoms with Crippen LogP contribution in [0, 0.1) is 90.6 Å². The molecule has 0 aromatic heterocycles. The third-order valence-electron chi connectivity index (χ3n) is 7.94. The second-order valence-corrected chi connectivity index (χ2v) is 11.4. The summed E-state index contributed by atoms with van der Waals surface area (Å²) in [5.41, 5.74) is 27.5. The van der Waals surface area contributed by atoms with Gasteiger partial charge in [-0.1, -0.05) is 36.4 Å². The van der Waals surface area contributed by atoms with Crippen LogP contribution in [0.5, 0.6) is 0 Å². The maximum atomic E-state index is 8.64. The average Bonchev–Trinajstić information content (AvgIpc) is 3.23. The van der Waals surface area contributed by atoms with Crippen molar-refractivity contribution in [3.8, 4) is 81.9 Å². The first-order chi connectivity index (χ1) is 26.6. The molecule has 11 nitrogen and oxygen atoms in total. The van der Waals surface area contributed by atoms with Crippen molar-refractivity contribution in [2.24, 2.45) is 0 Å². The van der Waals surface area contributed by atoms with Crippen molar-refractivity contribution in [2.45, 2.75) is 0 Å². The van der Waals surface area contributed by atoms with Crippen molar-refractivity contribution >= 4 is 17.1 Å². The summed E-state index contributed by atoms with van der Waals surface area (Å²) < 4.78 is 0.